The summed E-state index contributed by atoms with van der Waals surface area (Å²) in [5.74, 6) is 0. The summed E-state index contributed by atoms with van der Waals surface area (Å²) in [6, 6.07) is 182. The summed E-state index contributed by atoms with van der Waals surface area (Å²) in [7, 11) is 0. The topological polar surface area (TPSA) is 42.4 Å². The van der Waals surface area contributed by atoms with E-state index in [0.717, 1.165) is 163 Å². The van der Waals surface area contributed by atoms with Gasteiger partial charge in [0.1, 0.15) is 11.2 Å². The lowest BCUT2D eigenvalue weighted by Crippen LogP contribution is -2.10. The van der Waals surface area contributed by atoms with Crippen LogP contribution in [0.4, 0.5) is 102 Å². The van der Waals surface area contributed by atoms with E-state index < -0.39 is 0 Å². The Bertz CT molecular complexity index is 7400. The summed E-state index contributed by atoms with van der Waals surface area (Å²) >= 11 is 1.88. The van der Waals surface area contributed by atoms with Crippen molar-refractivity contribution < 1.29 is 4.42 Å². The van der Waals surface area contributed by atoms with Gasteiger partial charge in [-0.3, -0.25) is 0 Å². The second-order valence-electron chi connectivity index (χ2n) is 32.4. The van der Waals surface area contributed by atoms with Crippen molar-refractivity contribution in [2.45, 2.75) is 0 Å². The highest BCUT2D eigenvalue weighted by molar-refractivity contribution is 7.26. The smallest absolute Gasteiger partial charge is 0.145 e. The Morgan fingerprint density at radius 1 is 0.169 bits per heavy atom. The molecule has 0 N–H and O–H groups in total. The van der Waals surface area contributed by atoms with Gasteiger partial charge in [-0.05, 0) is 285 Å². The van der Waals surface area contributed by atoms with Crippen molar-refractivity contribution in [1.29, 1.82) is 0 Å². The summed E-state index contributed by atoms with van der Waals surface area (Å²) in [5.41, 5.74) is 28.1. The number of rotatable bonds is 20. The molecule has 10 heteroatoms. The molecule has 0 radical (unpaired) electrons. The largest absolute Gasteiger partial charge is 0.455 e. The van der Waals surface area contributed by atoms with Gasteiger partial charge in [0.25, 0.3) is 0 Å². The quantitative estimate of drug-likeness (QED) is 0.0753. The van der Waals surface area contributed by atoms with Crippen molar-refractivity contribution >= 4 is 199 Å². The maximum absolute atomic E-state index is 7.04. The number of hydrogen-bond donors (Lipinski definition) is 0. The first kappa shape index (κ1) is 77.6. The van der Waals surface area contributed by atoms with Crippen LogP contribution in [-0.4, -0.2) is 9.13 Å². The molecule has 0 saturated heterocycles. The average Bonchev–Trinajstić information content (AvgIpc) is 1.56. The number of para-hydroxylation sites is 12. The van der Waals surface area contributed by atoms with E-state index in [1.165, 1.54) is 36.5 Å². The van der Waals surface area contributed by atoms with Crippen LogP contribution in [0.1, 0.15) is 0 Å². The van der Waals surface area contributed by atoms with Crippen molar-refractivity contribution in [3.05, 3.63) is 510 Å². The first-order valence-electron chi connectivity index (χ1n) is 44.0. The highest BCUT2D eigenvalue weighted by Gasteiger charge is 2.27. The van der Waals surface area contributed by atoms with Crippen LogP contribution >= 0.6 is 11.3 Å². The Morgan fingerprint density at radius 3 is 0.715 bits per heavy atom. The zero-order chi connectivity index (χ0) is 86.2. The molecule has 0 aliphatic heterocycles. The number of hydrogen-bond acceptors (Lipinski definition) is 8. The summed E-state index contributed by atoms with van der Waals surface area (Å²) in [5, 5.41) is 9.28. The lowest BCUT2D eigenvalue weighted by atomic mass is 10.1. The molecule has 0 aliphatic rings. The monoisotopic (exact) mass is 1680 g/mol. The van der Waals surface area contributed by atoms with Crippen LogP contribution in [-0.2, 0) is 0 Å². The van der Waals surface area contributed by atoms with Crippen LogP contribution in [0.3, 0.4) is 0 Å². The third kappa shape index (κ3) is 14.4. The fourth-order valence-electron chi connectivity index (χ4n) is 18.8. The van der Waals surface area contributed by atoms with E-state index in [0.29, 0.717) is 0 Å². The van der Waals surface area contributed by atoms with Gasteiger partial charge in [0.05, 0.1) is 27.5 Å². The minimum absolute atomic E-state index is 0.843. The number of furan rings is 1. The predicted octanol–water partition coefficient (Wildman–Crippen LogP) is 34.7. The van der Waals surface area contributed by atoms with E-state index in [9.17, 15) is 0 Å². The van der Waals surface area contributed by atoms with Gasteiger partial charge in [-0.1, -0.05) is 224 Å². The van der Waals surface area contributed by atoms with E-state index in [4.69, 9.17) is 4.42 Å². The molecule has 0 fully saturated rings. The molecule has 0 unspecified atom stereocenters. The van der Waals surface area contributed by atoms with E-state index in [2.05, 4.69) is 548 Å². The molecule has 0 aliphatic carbocycles. The van der Waals surface area contributed by atoms with Crippen molar-refractivity contribution in [2.75, 3.05) is 29.4 Å². The molecule has 24 rings (SSSR count). The Hall–Kier alpha value is -17.2. The highest BCUT2D eigenvalue weighted by atomic mass is 32.1. The zero-order valence-electron chi connectivity index (χ0n) is 70.9. The van der Waals surface area contributed by atoms with Gasteiger partial charge in [0.15, 0.2) is 0 Å². The molecule has 9 nitrogen and oxygen atoms in total. The number of aromatic nitrogens is 2. The Labute approximate surface area is 758 Å². The van der Waals surface area contributed by atoms with Crippen LogP contribution in [0.25, 0.3) is 97.1 Å². The maximum Gasteiger partial charge on any atom is 0.145 e. The molecule has 0 amide bonds. The standard InChI is InChI=1S/C60H42N4O.C60H42N4S/c2*1-7-19-43(20-8-1)61(44-21-9-2-10-22-44)49-31-33-50(34-32-49)64-56-38-35-51(62(45-23-11-3-12-24-45)46-25-13-4-14-26-46)42-55(56)59-57(64)39-37-53-54-41-52(36-40-58(54)65-60(53)59)63(47-27-15-5-16-28-47)48-29-17-6-18-30-48/h2*1-42H. The Balaban J connectivity index is 0.000000148. The third-order valence-electron chi connectivity index (χ3n) is 24.6. The number of anilines is 18. The molecule has 20 aromatic carbocycles. The van der Waals surface area contributed by atoms with Crippen LogP contribution < -0.4 is 29.4 Å². The summed E-state index contributed by atoms with van der Waals surface area (Å²) < 4.78 is 14.4. The van der Waals surface area contributed by atoms with Crippen LogP contribution in [0.5, 0.6) is 0 Å². The molecule has 130 heavy (non-hydrogen) atoms. The van der Waals surface area contributed by atoms with Crippen LogP contribution in [0, 0.1) is 0 Å². The molecule has 0 spiro atoms. The second kappa shape index (κ2) is 34.1. The number of fused-ring (bicyclic) bond motifs is 14. The Kier molecular flexibility index (Phi) is 20.3. The number of thiophene rings is 1. The second-order valence-corrected chi connectivity index (χ2v) is 33.4. The van der Waals surface area contributed by atoms with E-state index in [-0.39, 0.29) is 0 Å². The molecule has 0 bridgehead atoms. The first-order chi connectivity index (χ1) is 64.5. The van der Waals surface area contributed by atoms with Gasteiger partial charge in [0, 0.05) is 161 Å². The summed E-state index contributed by atoms with van der Waals surface area (Å²) in [6.07, 6.45) is 0. The third-order valence-corrected chi connectivity index (χ3v) is 25.8. The fraction of sp³-hybridized carbons (Fsp3) is 0. The minimum Gasteiger partial charge on any atom is -0.455 e. The minimum atomic E-state index is 0.843. The molecule has 4 heterocycles. The molecule has 616 valence electrons. The zero-order valence-corrected chi connectivity index (χ0v) is 71.7. The highest BCUT2D eigenvalue weighted by Crippen LogP contribution is 2.51. The molecular formula is C120H84N8OS. The fourth-order valence-corrected chi connectivity index (χ4v) is 20.1. The molecule has 0 atom stereocenters. The van der Waals surface area contributed by atoms with Gasteiger partial charge >= 0.3 is 0 Å². The average molecular weight is 1690 g/mol. The number of benzene rings is 20. The van der Waals surface area contributed by atoms with Crippen molar-refractivity contribution in [3.8, 4) is 11.4 Å². The van der Waals surface area contributed by atoms with Crippen molar-refractivity contribution in [3.63, 3.8) is 0 Å². The van der Waals surface area contributed by atoms with Gasteiger partial charge in [-0.25, -0.2) is 0 Å². The molecular weight excluding hydrogens is 1600 g/mol. The lowest BCUT2D eigenvalue weighted by Gasteiger charge is -2.26. The van der Waals surface area contributed by atoms with Gasteiger partial charge in [-0.15, -0.1) is 11.3 Å². The van der Waals surface area contributed by atoms with Crippen LogP contribution in [0.15, 0.2) is 514 Å². The van der Waals surface area contributed by atoms with Gasteiger partial charge in [-0.2, -0.15) is 0 Å². The molecule has 4 aromatic heterocycles. The predicted molar refractivity (Wildman–Crippen MR) is 550 cm³/mol. The number of nitrogens with zero attached hydrogens (tertiary/aromatic N) is 8. The summed E-state index contributed by atoms with van der Waals surface area (Å²) in [6.45, 7) is 0. The maximum atomic E-state index is 7.04. The molecule has 24 aromatic rings. The molecule has 0 saturated carbocycles. The van der Waals surface area contributed by atoms with Gasteiger partial charge in [0.2, 0.25) is 0 Å². The van der Waals surface area contributed by atoms with Gasteiger partial charge < -0.3 is 43.0 Å². The lowest BCUT2D eigenvalue weighted by molar-refractivity contribution is 0.673. The van der Waals surface area contributed by atoms with E-state index in [1.807, 2.05) is 11.3 Å². The van der Waals surface area contributed by atoms with Crippen molar-refractivity contribution in [2.24, 2.45) is 0 Å². The van der Waals surface area contributed by atoms with E-state index >= 15 is 0 Å². The SMILES string of the molecule is c1ccc(N(c2ccccc2)c2ccc(-n3c4ccc(N(c5ccccc5)c5ccccc5)cc4c4c5oc6ccc(N(c7ccccc7)c7ccccc7)cc6c5ccc43)cc2)cc1.c1ccc(N(c2ccccc2)c2ccc(-n3c4ccc(N(c5ccccc5)c5ccccc5)cc4c4c5sc6ccc(N(c7ccccc7)c7ccccc7)cc6c5ccc43)cc2)cc1. The van der Waals surface area contributed by atoms with Crippen LogP contribution in [0.2, 0.25) is 0 Å². The summed E-state index contributed by atoms with van der Waals surface area (Å²) in [4.78, 5) is 13.9. The van der Waals surface area contributed by atoms with Crippen molar-refractivity contribution in [1.82, 2.24) is 9.13 Å². The van der Waals surface area contributed by atoms with E-state index in [1.54, 1.807) is 0 Å². The Morgan fingerprint density at radius 2 is 0.400 bits per heavy atom. The normalized spacial score (nSPS) is 11.4. The first-order valence-corrected chi connectivity index (χ1v) is 44.8.